The summed E-state index contributed by atoms with van der Waals surface area (Å²) in [6, 6.07) is 13.1. The molecular formula is C21H21N3O4S. The predicted octanol–water partition coefficient (Wildman–Crippen LogP) is 3.04. The minimum atomic E-state index is -0.563. The molecule has 0 fully saturated rings. The Balaban J connectivity index is 1.46. The first kappa shape index (κ1) is 20.5. The highest BCUT2D eigenvalue weighted by molar-refractivity contribution is 7.17. The Morgan fingerprint density at radius 2 is 1.93 bits per heavy atom. The van der Waals surface area contributed by atoms with Crippen molar-refractivity contribution in [1.82, 2.24) is 15.3 Å². The number of carbonyl (C=O) groups excluding carboxylic acids is 2. The molecule has 2 aromatic heterocycles. The molecule has 0 radical (unpaired) electrons. The summed E-state index contributed by atoms with van der Waals surface area (Å²) in [7, 11) is 1.61. The molecule has 1 aromatic carbocycles. The molecule has 150 valence electrons. The van der Waals surface area contributed by atoms with Crippen LogP contribution >= 0.6 is 11.3 Å². The van der Waals surface area contributed by atoms with Gasteiger partial charge in [-0.05, 0) is 43.2 Å². The van der Waals surface area contributed by atoms with Crippen molar-refractivity contribution in [3.8, 4) is 16.5 Å². The second-order valence-electron chi connectivity index (χ2n) is 6.17. The second-order valence-corrected chi connectivity index (χ2v) is 7.17. The van der Waals surface area contributed by atoms with Crippen LogP contribution in [0.4, 0.5) is 0 Å². The first-order valence-electron chi connectivity index (χ1n) is 9.02. The number of carbonyl (C=O) groups is 2. The minimum absolute atomic E-state index is 0.336. The SMILES string of the molecule is COc1ccc(CCNC(=O)COC(=O)c2sc(-c3ccccn3)nc2C)cc1. The number of methoxy groups -OCH3 is 1. The van der Waals surface area contributed by atoms with Gasteiger partial charge in [-0.2, -0.15) is 0 Å². The summed E-state index contributed by atoms with van der Waals surface area (Å²) in [5.74, 6) is -0.124. The van der Waals surface area contributed by atoms with E-state index in [1.807, 2.05) is 42.5 Å². The Labute approximate surface area is 172 Å². The Bertz CT molecular complexity index is 971. The van der Waals surface area contributed by atoms with E-state index in [9.17, 15) is 9.59 Å². The van der Waals surface area contributed by atoms with Crippen molar-refractivity contribution in [2.45, 2.75) is 13.3 Å². The van der Waals surface area contributed by atoms with Crippen LogP contribution in [0, 0.1) is 6.92 Å². The van der Waals surface area contributed by atoms with Crippen molar-refractivity contribution in [1.29, 1.82) is 0 Å². The van der Waals surface area contributed by atoms with Crippen LogP contribution in [0.25, 0.3) is 10.7 Å². The van der Waals surface area contributed by atoms with Crippen LogP contribution in [0.1, 0.15) is 20.9 Å². The van der Waals surface area contributed by atoms with Gasteiger partial charge in [-0.3, -0.25) is 9.78 Å². The number of nitrogens with one attached hydrogen (secondary N) is 1. The molecule has 0 spiro atoms. The molecule has 0 aliphatic carbocycles. The van der Waals surface area contributed by atoms with Gasteiger partial charge in [0.05, 0.1) is 18.5 Å². The zero-order valence-corrected chi connectivity index (χ0v) is 17.0. The van der Waals surface area contributed by atoms with E-state index in [0.717, 1.165) is 11.3 Å². The number of amides is 1. The minimum Gasteiger partial charge on any atom is -0.497 e. The predicted molar refractivity (Wildman–Crippen MR) is 110 cm³/mol. The van der Waals surface area contributed by atoms with Crippen LogP contribution in [0.15, 0.2) is 48.7 Å². The molecule has 0 saturated carbocycles. The van der Waals surface area contributed by atoms with E-state index in [-0.39, 0.29) is 12.5 Å². The molecule has 0 bridgehead atoms. The van der Waals surface area contributed by atoms with Gasteiger partial charge in [-0.25, -0.2) is 9.78 Å². The van der Waals surface area contributed by atoms with Crippen LogP contribution in [-0.2, 0) is 16.0 Å². The van der Waals surface area contributed by atoms with Gasteiger partial charge < -0.3 is 14.8 Å². The highest BCUT2D eigenvalue weighted by atomic mass is 32.1. The number of ether oxygens (including phenoxy) is 2. The summed E-state index contributed by atoms with van der Waals surface area (Å²) < 4.78 is 10.2. The largest absolute Gasteiger partial charge is 0.497 e. The van der Waals surface area contributed by atoms with Gasteiger partial charge in [-0.15, -0.1) is 11.3 Å². The van der Waals surface area contributed by atoms with Crippen LogP contribution in [0.2, 0.25) is 0 Å². The highest BCUT2D eigenvalue weighted by Crippen LogP contribution is 2.26. The number of benzene rings is 1. The average Bonchev–Trinajstić information content (AvgIpc) is 3.15. The number of hydrogen-bond donors (Lipinski definition) is 1. The fourth-order valence-electron chi connectivity index (χ4n) is 2.57. The summed E-state index contributed by atoms with van der Waals surface area (Å²) >= 11 is 1.20. The van der Waals surface area contributed by atoms with Gasteiger partial charge in [0, 0.05) is 12.7 Å². The number of esters is 1. The Morgan fingerprint density at radius 1 is 1.14 bits per heavy atom. The molecule has 29 heavy (non-hydrogen) atoms. The van der Waals surface area contributed by atoms with E-state index in [1.54, 1.807) is 20.2 Å². The molecule has 3 aromatic rings. The van der Waals surface area contributed by atoms with Gasteiger partial charge in [0.25, 0.3) is 5.91 Å². The first-order chi connectivity index (χ1) is 14.1. The lowest BCUT2D eigenvalue weighted by atomic mass is 10.1. The molecule has 0 atom stereocenters. The van der Waals surface area contributed by atoms with E-state index < -0.39 is 5.97 Å². The van der Waals surface area contributed by atoms with Gasteiger partial charge in [0.15, 0.2) is 6.61 Å². The van der Waals surface area contributed by atoms with Crippen molar-refractivity contribution in [3.05, 3.63) is 64.8 Å². The average molecular weight is 411 g/mol. The third-order valence-electron chi connectivity index (χ3n) is 4.10. The molecule has 0 saturated heterocycles. The lowest BCUT2D eigenvalue weighted by molar-refractivity contribution is -0.124. The topological polar surface area (TPSA) is 90.4 Å². The van der Waals surface area contributed by atoms with Crippen molar-refractivity contribution in [3.63, 3.8) is 0 Å². The third kappa shape index (κ3) is 5.61. The molecule has 1 amide bonds. The molecule has 8 heteroatoms. The normalized spacial score (nSPS) is 10.4. The maximum absolute atomic E-state index is 12.3. The van der Waals surface area contributed by atoms with E-state index in [4.69, 9.17) is 9.47 Å². The zero-order chi connectivity index (χ0) is 20.6. The lowest BCUT2D eigenvalue weighted by Gasteiger charge is -2.07. The number of pyridine rings is 1. The number of aryl methyl sites for hydroxylation is 1. The van der Waals surface area contributed by atoms with Crippen LogP contribution in [-0.4, -0.2) is 42.1 Å². The van der Waals surface area contributed by atoms with Crippen LogP contribution < -0.4 is 10.1 Å². The number of nitrogens with zero attached hydrogens (tertiary/aromatic N) is 2. The molecule has 1 N–H and O–H groups in total. The van der Waals surface area contributed by atoms with Crippen LogP contribution in [0.5, 0.6) is 5.75 Å². The summed E-state index contributed by atoms with van der Waals surface area (Å²) in [6.07, 6.45) is 2.34. The fourth-order valence-corrected chi connectivity index (χ4v) is 3.51. The molecule has 0 unspecified atom stereocenters. The van der Waals surface area contributed by atoms with Gasteiger partial charge in [0.1, 0.15) is 15.6 Å². The second kappa shape index (κ2) is 9.79. The van der Waals surface area contributed by atoms with E-state index >= 15 is 0 Å². The maximum Gasteiger partial charge on any atom is 0.350 e. The van der Waals surface area contributed by atoms with Gasteiger partial charge in [0.2, 0.25) is 0 Å². The molecule has 0 aliphatic heterocycles. The molecular weight excluding hydrogens is 390 g/mol. The smallest absolute Gasteiger partial charge is 0.350 e. The van der Waals surface area contributed by atoms with Crippen molar-refractivity contribution in [2.75, 3.05) is 20.3 Å². The summed E-state index contributed by atoms with van der Waals surface area (Å²) in [6.45, 7) is 1.85. The molecule has 2 heterocycles. The van der Waals surface area contributed by atoms with Crippen molar-refractivity contribution < 1.29 is 19.1 Å². The summed E-state index contributed by atoms with van der Waals surface area (Å²) in [5, 5.41) is 3.38. The fraction of sp³-hybridized carbons (Fsp3) is 0.238. The number of hydrogen-bond acceptors (Lipinski definition) is 7. The van der Waals surface area contributed by atoms with Gasteiger partial charge >= 0.3 is 5.97 Å². The number of rotatable bonds is 8. The van der Waals surface area contributed by atoms with E-state index in [2.05, 4.69) is 15.3 Å². The van der Waals surface area contributed by atoms with Crippen molar-refractivity contribution >= 4 is 23.2 Å². The van der Waals surface area contributed by atoms with Crippen molar-refractivity contribution in [2.24, 2.45) is 0 Å². The Kier molecular flexibility index (Phi) is 6.91. The molecule has 3 rings (SSSR count). The number of thiazole rings is 1. The van der Waals surface area contributed by atoms with E-state index in [0.29, 0.717) is 34.2 Å². The van der Waals surface area contributed by atoms with Crippen LogP contribution in [0.3, 0.4) is 0 Å². The standard InChI is InChI=1S/C21H21N3O4S/c1-14-19(29-20(24-14)17-5-3-4-11-22-17)21(26)28-13-18(25)23-12-10-15-6-8-16(27-2)9-7-15/h3-9,11H,10,12-13H2,1-2H3,(H,23,25). The monoisotopic (exact) mass is 411 g/mol. The maximum atomic E-state index is 12.3. The third-order valence-corrected chi connectivity index (χ3v) is 5.26. The molecule has 7 nitrogen and oxygen atoms in total. The quantitative estimate of drug-likeness (QED) is 0.573. The summed E-state index contributed by atoms with van der Waals surface area (Å²) in [4.78, 5) is 33.2. The Morgan fingerprint density at radius 3 is 2.62 bits per heavy atom. The molecule has 0 aliphatic rings. The highest BCUT2D eigenvalue weighted by Gasteiger charge is 2.19. The van der Waals surface area contributed by atoms with Gasteiger partial charge in [-0.1, -0.05) is 18.2 Å². The zero-order valence-electron chi connectivity index (χ0n) is 16.2. The Hall–Kier alpha value is -3.26. The number of aromatic nitrogens is 2. The first-order valence-corrected chi connectivity index (χ1v) is 9.84. The summed E-state index contributed by atoms with van der Waals surface area (Å²) in [5.41, 5.74) is 2.32. The van der Waals surface area contributed by atoms with E-state index in [1.165, 1.54) is 11.3 Å². The lowest BCUT2D eigenvalue weighted by Crippen LogP contribution is -2.30.